The van der Waals surface area contributed by atoms with Gasteiger partial charge in [0, 0.05) is 56.5 Å². The van der Waals surface area contributed by atoms with Gasteiger partial charge in [-0.25, -0.2) is 4.79 Å². The molecule has 1 aliphatic heterocycles. The number of carbonyl (C=O) groups excluding carboxylic acids is 4. The lowest BCUT2D eigenvalue weighted by Crippen LogP contribution is -2.65. The maximum Gasteiger partial charge on any atom is 0.407 e. The molecule has 1 saturated heterocycles. The number of carbonyl (C=O) groups is 4. The number of amides is 3. The van der Waals surface area contributed by atoms with Crippen LogP contribution >= 0.6 is 0 Å². The molecule has 0 radical (unpaired) electrons. The molecule has 2 aromatic carbocycles. The number of ether oxygens (including phenoxy) is 3. The molecule has 3 amide bonds. The van der Waals surface area contributed by atoms with Gasteiger partial charge in [-0.2, -0.15) is 9.78 Å². The van der Waals surface area contributed by atoms with Crippen LogP contribution in [0.4, 0.5) is 4.79 Å². The summed E-state index contributed by atoms with van der Waals surface area (Å²) in [5.74, 6) is -1.04. The summed E-state index contributed by atoms with van der Waals surface area (Å²) in [6, 6.07) is 16.4. The second-order valence-corrected chi connectivity index (χ2v) is 17.6. The molecule has 0 aromatic heterocycles. The molecule has 6 atom stereocenters. The maximum atomic E-state index is 13.5. The van der Waals surface area contributed by atoms with Crippen molar-refractivity contribution in [2.45, 2.75) is 114 Å². The molecular formula is C42H54N4O9. The quantitative estimate of drug-likeness (QED) is 0.121. The summed E-state index contributed by atoms with van der Waals surface area (Å²) in [6.07, 6.45) is 6.33. The third kappa shape index (κ3) is 7.36. The highest BCUT2D eigenvalue weighted by molar-refractivity contribution is 5.83. The molecule has 5 N–H and O–H groups in total. The third-order valence-corrected chi connectivity index (χ3v) is 13.3. The minimum atomic E-state index is -0.850. The van der Waals surface area contributed by atoms with Gasteiger partial charge < -0.3 is 30.2 Å². The largest absolute Gasteiger partial charge is 0.449 e. The lowest BCUT2D eigenvalue weighted by atomic mass is 9.47. The van der Waals surface area contributed by atoms with Gasteiger partial charge in [-0.15, -0.1) is 0 Å². The fourth-order valence-corrected chi connectivity index (χ4v) is 10.7. The molecule has 5 saturated carbocycles. The van der Waals surface area contributed by atoms with E-state index in [1.807, 2.05) is 38.1 Å². The average Bonchev–Trinajstić information content (AvgIpc) is 3.69. The molecule has 55 heavy (non-hydrogen) atoms. The average molecular weight is 759 g/mol. The van der Waals surface area contributed by atoms with Crippen LogP contribution in [0.3, 0.4) is 0 Å². The van der Waals surface area contributed by atoms with Crippen molar-refractivity contribution in [2.75, 3.05) is 19.7 Å². The zero-order valence-electron chi connectivity index (χ0n) is 31.8. The Morgan fingerprint density at radius 1 is 0.945 bits per heavy atom. The van der Waals surface area contributed by atoms with E-state index in [-0.39, 0.29) is 48.6 Å². The van der Waals surface area contributed by atoms with E-state index >= 15 is 0 Å². The number of nitrogens with two attached hydrogens (primary N) is 1. The standard InChI is InChI=1S/C42H54N4O9/c1-39(2,46-38(50)51-23-34-32-9-5-3-7-30(32)31-8-4-6-10-33(31)34)24-45-36(48)19-26-11-14-41(15-12-26)53-42(55-54-41)28-17-27-18-29(42)22-40(20-27,21-28)37(49)44-16-13-35(43)52-25-47/h3-10,25-29,34-35H,11-24,43H2,1-2H3,(H,44,49)(H,45,48)(H,46,50)/t26?,27?,28-,29+,35?,40?,41?,42?. The summed E-state index contributed by atoms with van der Waals surface area (Å²) in [5.41, 5.74) is 9.22. The zero-order valence-corrected chi connectivity index (χ0v) is 31.8. The van der Waals surface area contributed by atoms with Crippen LogP contribution in [0.15, 0.2) is 48.5 Å². The van der Waals surface area contributed by atoms with Crippen LogP contribution in [0.25, 0.3) is 11.1 Å². The van der Waals surface area contributed by atoms with Gasteiger partial charge in [0.1, 0.15) is 6.61 Å². The number of benzene rings is 2. The number of hydrogen-bond donors (Lipinski definition) is 4. The van der Waals surface area contributed by atoms with Gasteiger partial charge in [-0.1, -0.05) is 48.5 Å². The van der Waals surface area contributed by atoms with E-state index < -0.39 is 34.8 Å². The first-order valence-corrected chi connectivity index (χ1v) is 20.0. The van der Waals surface area contributed by atoms with Gasteiger partial charge in [0.25, 0.3) is 6.47 Å². The second kappa shape index (κ2) is 14.8. The van der Waals surface area contributed by atoms with E-state index in [9.17, 15) is 19.2 Å². The molecule has 13 nitrogen and oxygen atoms in total. The van der Waals surface area contributed by atoms with Gasteiger partial charge in [0.05, 0.1) is 11.0 Å². The van der Waals surface area contributed by atoms with E-state index in [4.69, 9.17) is 29.7 Å². The predicted molar refractivity (Wildman–Crippen MR) is 199 cm³/mol. The van der Waals surface area contributed by atoms with Crippen LogP contribution in [0.1, 0.15) is 102 Å². The van der Waals surface area contributed by atoms with Crippen molar-refractivity contribution in [2.24, 2.45) is 34.8 Å². The fraction of sp³-hybridized carbons (Fsp3) is 0.619. The molecule has 7 aliphatic rings. The van der Waals surface area contributed by atoms with Crippen LogP contribution in [0.5, 0.6) is 0 Å². The molecule has 6 fully saturated rings. The van der Waals surface area contributed by atoms with E-state index in [1.165, 1.54) is 11.1 Å². The third-order valence-electron chi connectivity index (χ3n) is 13.3. The van der Waals surface area contributed by atoms with Crippen LogP contribution in [0, 0.1) is 29.1 Å². The van der Waals surface area contributed by atoms with Gasteiger partial charge in [0.15, 0.2) is 6.23 Å². The SMILES string of the molecule is CC(C)(CNC(=O)CC1CCC2(CC1)OOC1(O2)[C@@H]2CC3C[C@H]1CC(C(=O)NCCC(N)OC=O)(C3)C2)NC(=O)OCC1c2ccccc2-c2ccccc21. The number of alkyl carbamates (subject to hydrolysis) is 1. The number of fused-ring (bicyclic) bond motifs is 3. The minimum absolute atomic E-state index is 0.0281. The van der Waals surface area contributed by atoms with Crippen LogP contribution < -0.4 is 21.7 Å². The Labute approximate surface area is 322 Å². The summed E-state index contributed by atoms with van der Waals surface area (Å²) < 4.78 is 17.4. The Morgan fingerprint density at radius 3 is 2.25 bits per heavy atom. The highest BCUT2D eigenvalue weighted by Crippen LogP contribution is 2.67. The summed E-state index contributed by atoms with van der Waals surface area (Å²) >= 11 is 0. The Hall–Kier alpha value is -4.04. The van der Waals surface area contributed by atoms with Crippen LogP contribution in [-0.4, -0.2) is 67.4 Å². The first-order valence-electron chi connectivity index (χ1n) is 20.0. The first-order chi connectivity index (χ1) is 26.4. The second-order valence-electron chi connectivity index (χ2n) is 17.6. The maximum absolute atomic E-state index is 13.5. The zero-order chi connectivity index (χ0) is 38.4. The van der Waals surface area contributed by atoms with E-state index in [2.05, 4.69) is 40.2 Å². The molecule has 296 valence electrons. The lowest BCUT2D eigenvalue weighted by Gasteiger charge is -2.61. The van der Waals surface area contributed by atoms with Crippen molar-refractivity contribution in [1.82, 2.24) is 16.0 Å². The van der Waals surface area contributed by atoms with Gasteiger partial charge in [0.2, 0.25) is 23.4 Å². The van der Waals surface area contributed by atoms with Gasteiger partial charge in [-0.3, -0.25) is 20.1 Å². The topological polar surface area (TPSA) is 177 Å². The molecule has 4 bridgehead atoms. The Morgan fingerprint density at radius 2 is 1.60 bits per heavy atom. The monoisotopic (exact) mass is 758 g/mol. The van der Waals surface area contributed by atoms with E-state index in [0.717, 1.165) is 43.2 Å². The smallest absolute Gasteiger partial charge is 0.407 e. The lowest BCUT2D eigenvalue weighted by molar-refractivity contribution is -0.393. The summed E-state index contributed by atoms with van der Waals surface area (Å²) in [5, 5.41) is 9.00. The molecule has 4 unspecified atom stereocenters. The number of nitrogens with one attached hydrogen (secondary N) is 3. The normalized spacial score (nSPS) is 32.1. The Balaban J connectivity index is 0.777. The van der Waals surface area contributed by atoms with Crippen LogP contribution in [-0.2, 0) is 38.4 Å². The molecule has 13 heteroatoms. The Kier molecular flexibility index (Phi) is 10.2. The molecular weight excluding hydrogens is 704 g/mol. The van der Waals surface area contributed by atoms with Crippen molar-refractivity contribution in [3.8, 4) is 11.1 Å². The highest BCUT2D eigenvalue weighted by atomic mass is 17.3. The van der Waals surface area contributed by atoms with Crippen molar-refractivity contribution < 1.29 is 43.2 Å². The Bertz CT molecular complexity index is 1730. The first kappa shape index (κ1) is 37.9. The molecule has 1 heterocycles. The van der Waals surface area contributed by atoms with Crippen molar-refractivity contribution >= 4 is 24.4 Å². The number of rotatable bonds is 13. The predicted octanol–water partition coefficient (Wildman–Crippen LogP) is 5.16. The summed E-state index contributed by atoms with van der Waals surface area (Å²) in [4.78, 5) is 62.4. The van der Waals surface area contributed by atoms with E-state index in [1.54, 1.807) is 0 Å². The summed E-state index contributed by atoms with van der Waals surface area (Å²) in [6.45, 7) is 4.89. The van der Waals surface area contributed by atoms with E-state index in [0.29, 0.717) is 57.5 Å². The molecule has 9 rings (SSSR count). The van der Waals surface area contributed by atoms with Crippen molar-refractivity contribution in [1.29, 1.82) is 0 Å². The van der Waals surface area contributed by atoms with Gasteiger partial charge in [-0.05, 0) is 92.9 Å². The van der Waals surface area contributed by atoms with Crippen LogP contribution in [0.2, 0.25) is 0 Å². The molecule has 2 aromatic rings. The number of hydrogen-bond acceptors (Lipinski definition) is 10. The van der Waals surface area contributed by atoms with Crippen molar-refractivity contribution in [3.63, 3.8) is 0 Å². The van der Waals surface area contributed by atoms with Crippen molar-refractivity contribution in [3.05, 3.63) is 59.7 Å². The minimum Gasteiger partial charge on any atom is -0.449 e. The highest BCUT2D eigenvalue weighted by Gasteiger charge is 2.71. The molecule has 2 spiro atoms. The van der Waals surface area contributed by atoms with Gasteiger partial charge >= 0.3 is 6.09 Å². The summed E-state index contributed by atoms with van der Waals surface area (Å²) in [7, 11) is 0. The molecule has 6 aliphatic carbocycles. The fourth-order valence-electron chi connectivity index (χ4n) is 10.7.